The molecule has 154 valence electrons. The van der Waals surface area contributed by atoms with Crippen molar-refractivity contribution in [2.75, 3.05) is 5.32 Å². The van der Waals surface area contributed by atoms with E-state index in [4.69, 9.17) is 0 Å². The van der Waals surface area contributed by atoms with Gasteiger partial charge in [-0.05, 0) is 22.8 Å². The van der Waals surface area contributed by atoms with E-state index in [0.717, 1.165) is 22.4 Å². The Bertz CT molecular complexity index is 988. The smallest absolute Gasteiger partial charge is 0.229 e. The fourth-order valence-electron chi connectivity index (χ4n) is 3.30. The summed E-state index contributed by atoms with van der Waals surface area (Å²) in [5, 5.41) is 14.3. The largest absolute Gasteiger partial charge is 0.388 e. The molecule has 30 heavy (non-hydrogen) atoms. The SMILES string of the molecule is CC(C)(C)C(=O)Nc1ccccc1[C@H](c1ccccc1)C(O)/C=C/c1ccccc1. The van der Waals surface area contributed by atoms with Gasteiger partial charge in [0.1, 0.15) is 0 Å². The third-order valence-electron chi connectivity index (χ3n) is 5.01. The van der Waals surface area contributed by atoms with Crippen LogP contribution in [0.1, 0.15) is 43.4 Å². The first-order valence-corrected chi connectivity index (χ1v) is 10.2. The van der Waals surface area contributed by atoms with E-state index < -0.39 is 11.5 Å². The van der Waals surface area contributed by atoms with E-state index in [2.05, 4.69) is 5.32 Å². The van der Waals surface area contributed by atoms with E-state index in [1.54, 1.807) is 0 Å². The van der Waals surface area contributed by atoms with Crippen molar-refractivity contribution in [3.05, 3.63) is 108 Å². The quantitative estimate of drug-likeness (QED) is 0.544. The molecule has 3 heteroatoms. The molecule has 0 radical (unpaired) electrons. The molecule has 2 atom stereocenters. The van der Waals surface area contributed by atoms with Crippen LogP contribution in [0.3, 0.4) is 0 Å². The Morgan fingerprint density at radius 3 is 2.07 bits per heavy atom. The topological polar surface area (TPSA) is 49.3 Å². The maximum atomic E-state index is 12.6. The third-order valence-corrected chi connectivity index (χ3v) is 5.01. The Balaban J connectivity index is 2.00. The molecular formula is C27H29NO2. The lowest BCUT2D eigenvalue weighted by Gasteiger charge is -2.26. The van der Waals surface area contributed by atoms with Crippen LogP contribution in [0, 0.1) is 5.41 Å². The van der Waals surface area contributed by atoms with Crippen LogP contribution in [0.2, 0.25) is 0 Å². The van der Waals surface area contributed by atoms with E-state index in [9.17, 15) is 9.90 Å². The normalized spacial score (nSPS) is 13.7. The molecule has 0 aliphatic rings. The molecule has 1 amide bonds. The van der Waals surface area contributed by atoms with Crippen molar-refractivity contribution in [1.29, 1.82) is 0 Å². The Morgan fingerprint density at radius 2 is 1.43 bits per heavy atom. The Morgan fingerprint density at radius 1 is 0.867 bits per heavy atom. The number of aliphatic hydroxyl groups is 1. The first kappa shape index (κ1) is 21.5. The molecule has 0 heterocycles. The number of rotatable bonds is 6. The summed E-state index contributed by atoms with van der Waals surface area (Å²) in [5.41, 5.74) is 3.10. The lowest BCUT2D eigenvalue weighted by atomic mass is 9.85. The molecule has 0 spiro atoms. The summed E-state index contributed by atoms with van der Waals surface area (Å²) in [6, 6.07) is 27.5. The molecule has 0 fully saturated rings. The van der Waals surface area contributed by atoms with Crippen LogP contribution in [0.4, 0.5) is 5.69 Å². The predicted octanol–water partition coefficient (Wildman–Crippen LogP) is 5.88. The minimum Gasteiger partial charge on any atom is -0.388 e. The zero-order valence-electron chi connectivity index (χ0n) is 17.7. The van der Waals surface area contributed by atoms with Gasteiger partial charge in [0.05, 0.1) is 6.10 Å². The van der Waals surface area contributed by atoms with E-state index in [1.165, 1.54) is 0 Å². The van der Waals surface area contributed by atoms with E-state index >= 15 is 0 Å². The summed E-state index contributed by atoms with van der Waals surface area (Å²) in [6.45, 7) is 5.66. The summed E-state index contributed by atoms with van der Waals surface area (Å²) < 4.78 is 0. The zero-order valence-corrected chi connectivity index (χ0v) is 17.7. The predicted molar refractivity (Wildman–Crippen MR) is 124 cm³/mol. The number of benzene rings is 3. The summed E-state index contributed by atoms with van der Waals surface area (Å²) >= 11 is 0. The lowest BCUT2D eigenvalue weighted by molar-refractivity contribution is -0.123. The number of anilines is 1. The molecule has 0 saturated heterocycles. The average molecular weight is 400 g/mol. The van der Waals surface area contributed by atoms with Gasteiger partial charge in [-0.15, -0.1) is 0 Å². The van der Waals surface area contributed by atoms with Gasteiger partial charge in [0.25, 0.3) is 0 Å². The van der Waals surface area contributed by atoms with Gasteiger partial charge in [0.15, 0.2) is 0 Å². The highest BCUT2D eigenvalue weighted by atomic mass is 16.3. The van der Waals surface area contributed by atoms with Crippen molar-refractivity contribution in [3.8, 4) is 0 Å². The highest BCUT2D eigenvalue weighted by Crippen LogP contribution is 2.34. The summed E-state index contributed by atoms with van der Waals surface area (Å²) in [4.78, 5) is 12.6. The van der Waals surface area contributed by atoms with Gasteiger partial charge >= 0.3 is 0 Å². The summed E-state index contributed by atoms with van der Waals surface area (Å²) in [5.74, 6) is -0.376. The molecule has 2 N–H and O–H groups in total. The van der Waals surface area contributed by atoms with Gasteiger partial charge < -0.3 is 10.4 Å². The molecule has 0 aliphatic carbocycles. The van der Waals surface area contributed by atoms with Crippen LogP contribution in [0.15, 0.2) is 91.0 Å². The van der Waals surface area contributed by atoms with Crippen LogP contribution in [0.25, 0.3) is 6.08 Å². The van der Waals surface area contributed by atoms with Crippen molar-refractivity contribution in [3.63, 3.8) is 0 Å². The molecule has 0 aromatic heterocycles. The van der Waals surface area contributed by atoms with E-state index in [1.807, 2.05) is 118 Å². The zero-order chi connectivity index (χ0) is 21.6. The molecule has 0 saturated carbocycles. The van der Waals surface area contributed by atoms with Gasteiger partial charge in [-0.3, -0.25) is 4.79 Å². The number of hydrogen-bond acceptors (Lipinski definition) is 2. The van der Waals surface area contributed by atoms with Gasteiger partial charge in [-0.25, -0.2) is 0 Å². The molecule has 3 rings (SSSR count). The molecule has 0 bridgehead atoms. The minimum absolute atomic E-state index is 0.0592. The molecule has 3 aromatic carbocycles. The van der Waals surface area contributed by atoms with Gasteiger partial charge in [0.2, 0.25) is 5.91 Å². The first-order valence-electron chi connectivity index (χ1n) is 10.2. The van der Waals surface area contributed by atoms with Crippen molar-refractivity contribution in [1.82, 2.24) is 0 Å². The average Bonchev–Trinajstić information content (AvgIpc) is 2.74. The Hall–Kier alpha value is -3.17. The van der Waals surface area contributed by atoms with Crippen molar-refractivity contribution >= 4 is 17.7 Å². The monoisotopic (exact) mass is 399 g/mol. The summed E-state index contributed by atoms with van der Waals surface area (Å²) in [7, 11) is 0. The van der Waals surface area contributed by atoms with Crippen LogP contribution >= 0.6 is 0 Å². The van der Waals surface area contributed by atoms with Gasteiger partial charge in [-0.1, -0.05) is 112 Å². The number of amides is 1. The highest BCUT2D eigenvalue weighted by Gasteiger charge is 2.27. The Kier molecular flexibility index (Phi) is 6.86. The highest BCUT2D eigenvalue weighted by molar-refractivity contribution is 5.95. The number of carbonyl (C=O) groups is 1. The minimum atomic E-state index is -0.764. The molecular weight excluding hydrogens is 370 g/mol. The van der Waals surface area contributed by atoms with Crippen LogP contribution in [-0.4, -0.2) is 17.1 Å². The second-order valence-electron chi connectivity index (χ2n) is 8.44. The maximum absolute atomic E-state index is 12.6. The third kappa shape index (κ3) is 5.46. The second kappa shape index (κ2) is 9.55. The fourth-order valence-corrected chi connectivity index (χ4v) is 3.30. The van der Waals surface area contributed by atoms with Gasteiger partial charge in [-0.2, -0.15) is 0 Å². The number of aliphatic hydroxyl groups excluding tert-OH is 1. The molecule has 1 unspecified atom stereocenters. The van der Waals surface area contributed by atoms with E-state index in [0.29, 0.717) is 0 Å². The molecule has 3 aromatic rings. The standard InChI is InChI=1S/C27H29NO2/c1-27(2,3)26(30)28-23-17-11-10-16-22(23)25(21-14-8-5-9-15-21)24(29)19-18-20-12-6-4-7-13-20/h4-19,24-25,29H,1-3H3,(H,28,30)/b19-18+/t24?,25-/m0/s1. The number of hydrogen-bond donors (Lipinski definition) is 2. The lowest BCUT2D eigenvalue weighted by Crippen LogP contribution is -2.29. The maximum Gasteiger partial charge on any atom is 0.229 e. The van der Waals surface area contributed by atoms with E-state index in [-0.39, 0.29) is 11.8 Å². The van der Waals surface area contributed by atoms with Crippen LogP contribution in [-0.2, 0) is 4.79 Å². The number of nitrogens with one attached hydrogen (secondary N) is 1. The summed E-state index contributed by atoms with van der Waals surface area (Å²) in [6.07, 6.45) is 2.98. The fraction of sp³-hybridized carbons (Fsp3) is 0.222. The van der Waals surface area contributed by atoms with Crippen molar-refractivity contribution in [2.45, 2.75) is 32.8 Å². The second-order valence-corrected chi connectivity index (χ2v) is 8.44. The van der Waals surface area contributed by atoms with Crippen LogP contribution in [0.5, 0.6) is 0 Å². The number of carbonyl (C=O) groups excluding carboxylic acids is 1. The Labute approximate surface area is 179 Å². The van der Waals surface area contributed by atoms with Crippen molar-refractivity contribution in [2.24, 2.45) is 5.41 Å². The number of para-hydroxylation sites is 1. The first-order chi connectivity index (χ1) is 14.4. The molecule has 0 aliphatic heterocycles. The van der Waals surface area contributed by atoms with Crippen LogP contribution < -0.4 is 5.32 Å². The molecule has 3 nitrogen and oxygen atoms in total. The van der Waals surface area contributed by atoms with Gasteiger partial charge in [0, 0.05) is 17.0 Å². The van der Waals surface area contributed by atoms with Crippen molar-refractivity contribution < 1.29 is 9.90 Å².